The van der Waals surface area contributed by atoms with Crippen LogP contribution in [0.15, 0.2) is 18.2 Å². The van der Waals surface area contributed by atoms with E-state index in [0.29, 0.717) is 23.1 Å². The Morgan fingerprint density at radius 2 is 2.00 bits per heavy atom. The third kappa shape index (κ3) is 2.42. The Balaban J connectivity index is 1.73. The molecule has 0 heterocycles. The van der Waals surface area contributed by atoms with Gasteiger partial charge in [0.05, 0.1) is 11.5 Å². The maximum Gasteiger partial charge on any atom is 0.335 e. The van der Waals surface area contributed by atoms with Gasteiger partial charge in [0.2, 0.25) is 5.91 Å². The molecule has 1 aromatic carbocycles. The number of fused-ring (bicyclic) bond motifs is 2. The van der Waals surface area contributed by atoms with Gasteiger partial charge in [0.15, 0.2) is 0 Å². The van der Waals surface area contributed by atoms with Gasteiger partial charge in [-0.1, -0.05) is 0 Å². The molecule has 4 N–H and O–H groups in total. The number of hydrogen-bond acceptors (Lipinski definition) is 3. The van der Waals surface area contributed by atoms with E-state index in [0.717, 1.165) is 19.3 Å². The molecule has 2 bridgehead atoms. The molecule has 0 saturated heterocycles. The Morgan fingerprint density at radius 3 is 2.57 bits per heavy atom. The summed E-state index contributed by atoms with van der Waals surface area (Å²) in [5.74, 6) is -0.202. The summed E-state index contributed by atoms with van der Waals surface area (Å²) in [6.07, 6.45) is 3.30. The number of anilines is 1. The van der Waals surface area contributed by atoms with Crippen molar-refractivity contribution in [3.8, 4) is 0 Å². The van der Waals surface area contributed by atoms with Crippen molar-refractivity contribution >= 4 is 17.6 Å². The minimum Gasteiger partial charge on any atom is -0.478 e. The number of nitrogens with two attached hydrogens (primary N) is 1. The van der Waals surface area contributed by atoms with Gasteiger partial charge in [-0.2, -0.15) is 0 Å². The smallest absolute Gasteiger partial charge is 0.335 e. The second kappa shape index (κ2) is 5.15. The Kier molecular flexibility index (Phi) is 3.45. The average molecular weight is 288 g/mol. The lowest BCUT2D eigenvalue weighted by molar-refractivity contribution is -0.121. The summed E-state index contributed by atoms with van der Waals surface area (Å²) in [5, 5.41) is 11.9. The molecule has 2 aliphatic carbocycles. The van der Waals surface area contributed by atoms with E-state index in [-0.39, 0.29) is 23.4 Å². The number of carboxylic acids is 1. The van der Waals surface area contributed by atoms with Crippen molar-refractivity contribution < 1.29 is 14.7 Å². The van der Waals surface area contributed by atoms with Gasteiger partial charge in [-0.3, -0.25) is 4.79 Å². The van der Waals surface area contributed by atoms with Crippen LogP contribution in [0.3, 0.4) is 0 Å². The summed E-state index contributed by atoms with van der Waals surface area (Å²) < 4.78 is 0. The van der Waals surface area contributed by atoms with E-state index in [9.17, 15) is 9.59 Å². The van der Waals surface area contributed by atoms with Gasteiger partial charge in [0, 0.05) is 11.7 Å². The molecule has 1 amide bonds. The number of benzene rings is 1. The standard InChI is InChI=1S/C16H20N2O3/c1-8-6-11(4-5-12(8)16(20)21)18-15(19)13-9-2-3-10(7-9)14(13)17/h4-6,9-10,13-14H,2-3,7,17H2,1H3,(H,18,19)(H,20,21). The molecule has 2 aliphatic rings. The van der Waals surface area contributed by atoms with Crippen LogP contribution in [0.5, 0.6) is 0 Å². The molecule has 1 aromatic rings. The van der Waals surface area contributed by atoms with Gasteiger partial charge in [0.1, 0.15) is 0 Å². The fourth-order valence-electron chi connectivity index (χ4n) is 3.93. The van der Waals surface area contributed by atoms with Crippen LogP contribution in [-0.4, -0.2) is 23.0 Å². The number of aryl methyl sites for hydroxylation is 1. The zero-order chi connectivity index (χ0) is 15.1. The maximum atomic E-state index is 12.4. The topological polar surface area (TPSA) is 92.4 Å². The van der Waals surface area contributed by atoms with Gasteiger partial charge < -0.3 is 16.2 Å². The predicted octanol–water partition coefficient (Wildman–Crippen LogP) is 2.01. The van der Waals surface area contributed by atoms with Crippen molar-refractivity contribution in [3.05, 3.63) is 29.3 Å². The third-order valence-electron chi connectivity index (χ3n) is 5.01. The summed E-state index contributed by atoms with van der Waals surface area (Å²) in [6.45, 7) is 1.72. The van der Waals surface area contributed by atoms with Crippen LogP contribution in [0.4, 0.5) is 5.69 Å². The molecular weight excluding hydrogens is 268 g/mol. The number of carboxylic acid groups (broad SMARTS) is 1. The van der Waals surface area contributed by atoms with E-state index in [1.807, 2.05) is 0 Å². The van der Waals surface area contributed by atoms with Gasteiger partial charge in [-0.25, -0.2) is 4.79 Å². The van der Waals surface area contributed by atoms with Crippen molar-refractivity contribution in [1.82, 2.24) is 0 Å². The lowest BCUT2D eigenvalue weighted by Gasteiger charge is -2.27. The second-order valence-electron chi connectivity index (χ2n) is 6.26. The van der Waals surface area contributed by atoms with Crippen LogP contribution in [-0.2, 0) is 4.79 Å². The summed E-state index contributed by atoms with van der Waals surface area (Å²) >= 11 is 0. The first kappa shape index (κ1) is 14.1. The van der Waals surface area contributed by atoms with Crippen molar-refractivity contribution in [2.75, 3.05) is 5.32 Å². The van der Waals surface area contributed by atoms with E-state index in [2.05, 4.69) is 5.32 Å². The quantitative estimate of drug-likeness (QED) is 0.793. The molecule has 2 saturated carbocycles. The van der Waals surface area contributed by atoms with E-state index < -0.39 is 5.97 Å². The molecule has 3 rings (SSSR count). The summed E-state index contributed by atoms with van der Waals surface area (Å²) in [4.78, 5) is 23.4. The SMILES string of the molecule is Cc1cc(NC(=O)C2C3CCC(C3)C2N)ccc1C(=O)O. The minimum absolute atomic E-state index is 0.0304. The van der Waals surface area contributed by atoms with Crippen LogP contribution in [0, 0.1) is 24.7 Å². The molecule has 2 fully saturated rings. The van der Waals surface area contributed by atoms with Crippen LogP contribution in [0.1, 0.15) is 35.2 Å². The highest BCUT2D eigenvalue weighted by molar-refractivity contribution is 5.95. The van der Waals surface area contributed by atoms with Crippen molar-refractivity contribution in [1.29, 1.82) is 0 Å². The number of aromatic carboxylic acids is 1. The fourth-order valence-corrected chi connectivity index (χ4v) is 3.93. The number of nitrogens with one attached hydrogen (secondary N) is 1. The van der Waals surface area contributed by atoms with Crippen molar-refractivity contribution in [2.45, 2.75) is 32.2 Å². The molecular formula is C16H20N2O3. The van der Waals surface area contributed by atoms with Crippen molar-refractivity contribution in [2.24, 2.45) is 23.5 Å². The number of amides is 1. The van der Waals surface area contributed by atoms with E-state index in [1.54, 1.807) is 19.1 Å². The maximum absolute atomic E-state index is 12.4. The number of carbonyl (C=O) groups is 2. The lowest BCUT2D eigenvalue weighted by atomic mass is 9.84. The second-order valence-corrected chi connectivity index (χ2v) is 6.26. The van der Waals surface area contributed by atoms with E-state index in [1.165, 1.54) is 6.07 Å². The molecule has 21 heavy (non-hydrogen) atoms. The van der Waals surface area contributed by atoms with Crippen LogP contribution in [0.2, 0.25) is 0 Å². The summed E-state index contributed by atoms with van der Waals surface area (Å²) in [6, 6.07) is 4.81. The Bertz CT molecular complexity index is 597. The lowest BCUT2D eigenvalue weighted by Crippen LogP contribution is -2.42. The largest absolute Gasteiger partial charge is 0.478 e. The van der Waals surface area contributed by atoms with Gasteiger partial charge >= 0.3 is 5.97 Å². The Hall–Kier alpha value is -1.88. The molecule has 0 aromatic heterocycles. The average Bonchev–Trinajstić information content (AvgIpc) is 2.98. The van der Waals surface area contributed by atoms with Crippen molar-refractivity contribution in [3.63, 3.8) is 0 Å². The number of rotatable bonds is 3. The first-order valence-corrected chi connectivity index (χ1v) is 7.37. The van der Waals surface area contributed by atoms with E-state index in [4.69, 9.17) is 10.8 Å². The zero-order valence-electron chi connectivity index (χ0n) is 12.0. The highest BCUT2D eigenvalue weighted by Crippen LogP contribution is 2.47. The first-order chi connectivity index (χ1) is 9.97. The predicted molar refractivity (Wildman–Crippen MR) is 79.1 cm³/mol. The van der Waals surface area contributed by atoms with E-state index >= 15 is 0 Å². The van der Waals surface area contributed by atoms with Crippen LogP contribution >= 0.6 is 0 Å². The molecule has 112 valence electrons. The normalized spacial score (nSPS) is 30.4. The zero-order valence-corrected chi connectivity index (χ0v) is 12.0. The highest BCUT2D eigenvalue weighted by Gasteiger charge is 2.49. The number of carbonyl (C=O) groups excluding carboxylic acids is 1. The summed E-state index contributed by atoms with van der Waals surface area (Å²) in [5.41, 5.74) is 7.70. The first-order valence-electron chi connectivity index (χ1n) is 7.37. The molecule has 0 spiro atoms. The van der Waals surface area contributed by atoms with Crippen LogP contribution < -0.4 is 11.1 Å². The number of hydrogen-bond donors (Lipinski definition) is 3. The van der Waals surface area contributed by atoms with Gasteiger partial charge in [0.25, 0.3) is 0 Å². The Labute approximate surface area is 123 Å². The highest BCUT2D eigenvalue weighted by atomic mass is 16.4. The fraction of sp³-hybridized carbons (Fsp3) is 0.500. The molecule has 5 nitrogen and oxygen atoms in total. The molecule has 0 aliphatic heterocycles. The van der Waals surface area contributed by atoms with Gasteiger partial charge in [-0.05, 0) is 61.8 Å². The molecule has 4 unspecified atom stereocenters. The van der Waals surface area contributed by atoms with Crippen LogP contribution in [0.25, 0.3) is 0 Å². The Morgan fingerprint density at radius 1 is 1.29 bits per heavy atom. The molecule has 4 atom stereocenters. The van der Waals surface area contributed by atoms with Gasteiger partial charge in [-0.15, -0.1) is 0 Å². The monoisotopic (exact) mass is 288 g/mol. The molecule has 0 radical (unpaired) electrons. The third-order valence-corrected chi connectivity index (χ3v) is 5.01. The minimum atomic E-state index is -0.958. The summed E-state index contributed by atoms with van der Waals surface area (Å²) in [7, 11) is 0. The molecule has 5 heteroatoms.